The minimum absolute atomic E-state index is 0.598. The van der Waals surface area contributed by atoms with E-state index in [9.17, 15) is 0 Å². The van der Waals surface area contributed by atoms with Crippen molar-refractivity contribution in [2.45, 2.75) is 19.9 Å². The number of hydrogen-bond donors (Lipinski definition) is 2. The molecule has 0 atom stereocenters. The van der Waals surface area contributed by atoms with Crippen molar-refractivity contribution < 1.29 is 0 Å². The van der Waals surface area contributed by atoms with Crippen LogP contribution < -0.4 is 11.1 Å². The maximum Gasteiger partial charge on any atom is 0.0722 e. The lowest BCUT2D eigenvalue weighted by molar-refractivity contribution is 1.01. The summed E-state index contributed by atoms with van der Waals surface area (Å²) in [6.07, 6.45) is 2.84. The third kappa shape index (κ3) is 3.26. The van der Waals surface area contributed by atoms with E-state index in [4.69, 9.17) is 5.73 Å². The summed E-state index contributed by atoms with van der Waals surface area (Å²) in [4.78, 5) is 4.42. The van der Waals surface area contributed by atoms with Gasteiger partial charge in [-0.15, -0.1) is 0 Å². The standard InChI is InChI=1S/C19H21N3/c1-14-2-7-18-17(12-14)19(9-11-22-18)21-10-8-15-3-5-16(13-20)6-4-15/h2-7,9,11-12H,8,10,13,20H2,1H3,(H,21,22). The monoisotopic (exact) mass is 291 g/mol. The van der Waals surface area contributed by atoms with Crippen molar-refractivity contribution in [1.29, 1.82) is 0 Å². The highest BCUT2D eigenvalue weighted by Gasteiger charge is 2.02. The molecule has 112 valence electrons. The van der Waals surface area contributed by atoms with Crippen LogP contribution in [0, 0.1) is 6.92 Å². The summed E-state index contributed by atoms with van der Waals surface area (Å²) in [5, 5.41) is 4.71. The molecule has 0 aliphatic heterocycles. The Hall–Kier alpha value is -2.39. The molecule has 0 fully saturated rings. The van der Waals surface area contributed by atoms with E-state index >= 15 is 0 Å². The molecular formula is C19H21N3. The van der Waals surface area contributed by atoms with Gasteiger partial charge in [-0.05, 0) is 42.7 Å². The fraction of sp³-hybridized carbons (Fsp3) is 0.211. The Morgan fingerprint density at radius 3 is 2.55 bits per heavy atom. The van der Waals surface area contributed by atoms with Crippen LogP contribution in [0.15, 0.2) is 54.7 Å². The van der Waals surface area contributed by atoms with Gasteiger partial charge in [0.05, 0.1) is 5.52 Å². The van der Waals surface area contributed by atoms with Crippen LogP contribution in [0.1, 0.15) is 16.7 Å². The number of benzene rings is 2. The predicted octanol–water partition coefficient (Wildman–Crippen LogP) is 3.66. The van der Waals surface area contributed by atoms with Crippen LogP contribution in [-0.2, 0) is 13.0 Å². The Balaban J connectivity index is 1.69. The quantitative estimate of drug-likeness (QED) is 0.754. The topological polar surface area (TPSA) is 50.9 Å². The zero-order chi connectivity index (χ0) is 15.4. The highest BCUT2D eigenvalue weighted by molar-refractivity contribution is 5.91. The van der Waals surface area contributed by atoms with Gasteiger partial charge in [-0.3, -0.25) is 4.98 Å². The van der Waals surface area contributed by atoms with Crippen LogP contribution in [0.25, 0.3) is 10.9 Å². The van der Waals surface area contributed by atoms with Crippen LogP contribution in [0.5, 0.6) is 0 Å². The first-order valence-corrected chi connectivity index (χ1v) is 7.63. The third-order valence-electron chi connectivity index (χ3n) is 3.88. The molecular weight excluding hydrogens is 270 g/mol. The van der Waals surface area contributed by atoms with Crippen molar-refractivity contribution in [1.82, 2.24) is 4.98 Å². The molecule has 0 aliphatic rings. The number of fused-ring (bicyclic) bond motifs is 1. The second-order valence-corrected chi connectivity index (χ2v) is 5.58. The van der Waals surface area contributed by atoms with E-state index in [2.05, 4.69) is 59.7 Å². The summed E-state index contributed by atoms with van der Waals surface area (Å²) in [7, 11) is 0. The van der Waals surface area contributed by atoms with Gasteiger partial charge in [0.2, 0.25) is 0 Å². The number of pyridine rings is 1. The lowest BCUT2D eigenvalue weighted by Gasteiger charge is -2.10. The van der Waals surface area contributed by atoms with E-state index in [-0.39, 0.29) is 0 Å². The zero-order valence-corrected chi connectivity index (χ0v) is 12.8. The lowest BCUT2D eigenvalue weighted by Crippen LogP contribution is -2.06. The number of aryl methyl sites for hydroxylation is 1. The van der Waals surface area contributed by atoms with Gasteiger partial charge in [-0.1, -0.05) is 35.9 Å². The number of nitrogens with zero attached hydrogens (tertiary/aromatic N) is 1. The van der Waals surface area contributed by atoms with Gasteiger partial charge >= 0.3 is 0 Å². The molecule has 3 rings (SSSR count). The van der Waals surface area contributed by atoms with E-state index in [0.717, 1.165) is 24.2 Å². The Bertz CT molecular complexity index is 763. The highest BCUT2D eigenvalue weighted by Crippen LogP contribution is 2.22. The first-order valence-electron chi connectivity index (χ1n) is 7.63. The van der Waals surface area contributed by atoms with E-state index in [1.165, 1.54) is 22.1 Å². The fourth-order valence-electron chi connectivity index (χ4n) is 2.60. The van der Waals surface area contributed by atoms with E-state index in [0.29, 0.717) is 6.54 Å². The molecule has 1 heterocycles. The average Bonchev–Trinajstić information content (AvgIpc) is 2.56. The van der Waals surface area contributed by atoms with Crippen LogP contribution in [0.2, 0.25) is 0 Å². The molecule has 0 aliphatic carbocycles. The Morgan fingerprint density at radius 1 is 1.00 bits per heavy atom. The molecule has 0 saturated heterocycles. The van der Waals surface area contributed by atoms with Gasteiger partial charge in [0.1, 0.15) is 0 Å². The SMILES string of the molecule is Cc1ccc2nccc(NCCc3ccc(CN)cc3)c2c1. The van der Waals surface area contributed by atoms with Crippen molar-refractivity contribution in [3.8, 4) is 0 Å². The molecule has 2 aromatic carbocycles. The van der Waals surface area contributed by atoms with E-state index in [1.54, 1.807) is 0 Å². The maximum atomic E-state index is 5.62. The maximum absolute atomic E-state index is 5.62. The number of rotatable bonds is 5. The van der Waals surface area contributed by atoms with Gasteiger partial charge in [0.15, 0.2) is 0 Å². The zero-order valence-electron chi connectivity index (χ0n) is 12.8. The fourth-order valence-corrected chi connectivity index (χ4v) is 2.60. The van der Waals surface area contributed by atoms with Crippen LogP contribution >= 0.6 is 0 Å². The highest BCUT2D eigenvalue weighted by atomic mass is 14.9. The number of nitrogens with one attached hydrogen (secondary N) is 1. The molecule has 22 heavy (non-hydrogen) atoms. The normalized spacial score (nSPS) is 10.8. The smallest absolute Gasteiger partial charge is 0.0722 e. The third-order valence-corrected chi connectivity index (χ3v) is 3.88. The molecule has 0 amide bonds. The predicted molar refractivity (Wildman–Crippen MR) is 93.0 cm³/mol. The van der Waals surface area contributed by atoms with Crippen LogP contribution in [0.4, 0.5) is 5.69 Å². The minimum Gasteiger partial charge on any atom is -0.384 e. The van der Waals surface area contributed by atoms with Crippen molar-refractivity contribution >= 4 is 16.6 Å². The Labute approximate surface area is 131 Å². The van der Waals surface area contributed by atoms with Crippen molar-refractivity contribution in [2.24, 2.45) is 5.73 Å². The first-order chi connectivity index (χ1) is 10.8. The summed E-state index contributed by atoms with van der Waals surface area (Å²) >= 11 is 0. The van der Waals surface area contributed by atoms with Crippen molar-refractivity contribution in [3.63, 3.8) is 0 Å². The van der Waals surface area contributed by atoms with E-state index in [1.807, 2.05) is 12.3 Å². The molecule has 0 unspecified atom stereocenters. The summed E-state index contributed by atoms with van der Waals surface area (Å²) in [5.74, 6) is 0. The number of anilines is 1. The molecule has 3 aromatic rings. The second kappa shape index (κ2) is 6.58. The van der Waals surface area contributed by atoms with Gasteiger partial charge in [0, 0.05) is 30.4 Å². The summed E-state index contributed by atoms with van der Waals surface area (Å²) in [5.41, 5.74) is 11.5. The van der Waals surface area contributed by atoms with Gasteiger partial charge in [-0.2, -0.15) is 0 Å². The molecule has 3 nitrogen and oxygen atoms in total. The molecule has 3 N–H and O–H groups in total. The van der Waals surface area contributed by atoms with E-state index < -0.39 is 0 Å². The molecule has 0 radical (unpaired) electrons. The average molecular weight is 291 g/mol. The molecule has 3 heteroatoms. The Kier molecular flexibility index (Phi) is 4.35. The molecule has 1 aromatic heterocycles. The first kappa shape index (κ1) is 14.5. The molecule has 0 spiro atoms. The van der Waals surface area contributed by atoms with Gasteiger partial charge in [0.25, 0.3) is 0 Å². The summed E-state index contributed by atoms with van der Waals surface area (Å²) in [6.45, 7) is 3.60. The van der Waals surface area contributed by atoms with Crippen molar-refractivity contribution in [2.75, 3.05) is 11.9 Å². The summed E-state index contributed by atoms with van der Waals surface area (Å²) < 4.78 is 0. The molecule has 0 bridgehead atoms. The van der Waals surface area contributed by atoms with Gasteiger partial charge in [-0.25, -0.2) is 0 Å². The number of hydrogen-bond acceptors (Lipinski definition) is 3. The second-order valence-electron chi connectivity index (χ2n) is 5.58. The van der Waals surface area contributed by atoms with Crippen LogP contribution in [-0.4, -0.2) is 11.5 Å². The summed E-state index contributed by atoms with van der Waals surface area (Å²) in [6, 6.07) is 16.9. The number of nitrogens with two attached hydrogens (primary N) is 1. The lowest BCUT2D eigenvalue weighted by atomic mass is 10.1. The van der Waals surface area contributed by atoms with Crippen LogP contribution in [0.3, 0.4) is 0 Å². The minimum atomic E-state index is 0.598. The van der Waals surface area contributed by atoms with Crippen molar-refractivity contribution in [3.05, 3.63) is 71.4 Å². The Morgan fingerprint density at radius 2 is 1.77 bits per heavy atom. The molecule has 0 saturated carbocycles. The van der Waals surface area contributed by atoms with Gasteiger partial charge < -0.3 is 11.1 Å². The largest absolute Gasteiger partial charge is 0.384 e. The number of aromatic nitrogens is 1.